The van der Waals surface area contributed by atoms with Gasteiger partial charge in [-0.1, -0.05) is 30.3 Å². The summed E-state index contributed by atoms with van der Waals surface area (Å²) in [6.45, 7) is 4.27. The first kappa shape index (κ1) is 21.1. The molecule has 2 aromatic carbocycles. The molecule has 2 aromatic heterocycles. The van der Waals surface area contributed by atoms with Crippen molar-refractivity contribution in [2.45, 2.75) is 6.92 Å². The second-order valence-corrected chi connectivity index (χ2v) is 8.05. The van der Waals surface area contributed by atoms with Crippen LogP contribution in [-0.2, 0) is 11.8 Å². The van der Waals surface area contributed by atoms with Crippen molar-refractivity contribution >= 4 is 28.3 Å². The third kappa shape index (κ3) is 4.05. The summed E-state index contributed by atoms with van der Waals surface area (Å²) >= 11 is 0. The second-order valence-electron chi connectivity index (χ2n) is 8.05. The molecule has 0 radical (unpaired) electrons. The largest absolute Gasteiger partial charge is 0.378 e. The molecule has 1 aliphatic heterocycles. The number of benzene rings is 2. The number of hydrogen-bond acceptors (Lipinski definition) is 5. The van der Waals surface area contributed by atoms with Gasteiger partial charge in [0.05, 0.1) is 41.2 Å². The van der Waals surface area contributed by atoms with E-state index >= 15 is 0 Å². The zero-order valence-corrected chi connectivity index (χ0v) is 18.5. The van der Waals surface area contributed by atoms with Gasteiger partial charge in [-0.25, -0.2) is 9.37 Å². The highest BCUT2D eigenvalue weighted by Gasteiger charge is 2.20. The molecule has 0 unspecified atom stereocenters. The Kier molecular flexibility index (Phi) is 5.51. The Balaban J connectivity index is 1.50. The summed E-state index contributed by atoms with van der Waals surface area (Å²) < 4.78 is 21.8. The highest BCUT2D eigenvalue weighted by Crippen LogP contribution is 2.28. The second kappa shape index (κ2) is 8.63. The van der Waals surface area contributed by atoms with Crippen LogP contribution in [0.3, 0.4) is 0 Å². The number of carbonyl (C=O) groups is 1. The number of rotatable bonds is 4. The van der Waals surface area contributed by atoms with Crippen LogP contribution in [0.5, 0.6) is 0 Å². The Morgan fingerprint density at radius 2 is 1.85 bits per heavy atom. The zero-order chi connectivity index (χ0) is 22.9. The van der Waals surface area contributed by atoms with Crippen LogP contribution in [0.25, 0.3) is 22.3 Å². The van der Waals surface area contributed by atoms with Crippen LogP contribution < -0.4 is 10.2 Å². The minimum Gasteiger partial charge on any atom is -0.378 e. The summed E-state index contributed by atoms with van der Waals surface area (Å²) in [5, 5.41) is 7.98. The summed E-state index contributed by atoms with van der Waals surface area (Å²) in [5.74, 6) is -0.716. The Hall–Kier alpha value is -3.78. The van der Waals surface area contributed by atoms with E-state index in [9.17, 15) is 9.18 Å². The number of pyridine rings is 1. The van der Waals surface area contributed by atoms with Crippen LogP contribution in [0, 0.1) is 12.7 Å². The molecule has 3 heterocycles. The maximum absolute atomic E-state index is 14.8. The fourth-order valence-electron chi connectivity index (χ4n) is 4.22. The molecule has 0 bridgehead atoms. The number of nitrogens with zero attached hydrogens (tertiary/aromatic N) is 4. The maximum atomic E-state index is 14.8. The van der Waals surface area contributed by atoms with Gasteiger partial charge in [0, 0.05) is 31.4 Å². The monoisotopic (exact) mass is 445 g/mol. The molecular formula is C25H24FN5O2. The number of morpholine rings is 1. The van der Waals surface area contributed by atoms with Crippen LogP contribution in [0.15, 0.2) is 54.6 Å². The number of fused-ring (bicyclic) bond motifs is 1. The molecular weight excluding hydrogens is 421 g/mol. The van der Waals surface area contributed by atoms with E-state index in [1.165, 1.54) is 6.07 Å². The van der Waals surface area contributed by atoms with Gasteiger partial charge in [0.2, 0.25) is 0 Å². The first-order valence-corrected chi connectivity index (χ1v) is 10.8. The smallest absolute Gasteiger partial charge is 0.256 e. The van der Waals surface area contributed by atoms with E-state index in [1.54, 1.807) is 29.9 Å². The van der Waals surface area contributed by atoms with Crippen molar-refractivity contribution < 1.29 is 13.9 Å². The molecule has 1 fully saturated rings. The fraction of sp³-hybridized carbons (Fsp3) is 0.240. The van der Waals surface area contributed by atoms with Crippen LogP contribution in [0.2, 0.25) is 0 Å². The van der Waals surface area contributed by atoms with E-state index in [4.69, 9.17) is 9.72 Å². The number of halogens is 1. The highest BCUT2D eigenvalue weighted by atomic mass is 19.1. The van der Waals surface area contributed by atoms with Gasteiger partial charge in [-0.2, -0.15) is 5.10 Å². The van der Waals surface area contributed by atoms with E-state index in [0.717, 1.165) is 5.56 Å². The van der Waals surface area contributed by atoms with E-state index in [1.807, 2.05) is 42.2 Å². The number of carbonyl (C=O) groups excluding carboxylic acids is 1. The van der Waals surface area contributed by atoms with Crippen molar-refractivity contribution in [3.63, 3.8) is 0 Å². The normalized spacial score (nSPS) is 14.0. The summed E-state index contributed by atoms with van der Waals surface area (Å²) in [4.78, 5) is 20.0. The van der Waals surface area contributed by atoms with E-state index in [-0.39, 0.29) is 11.7 Å². The molecule has 33 heavy (non-hydrogen) atoms. The molecule has 1 aliphatic rings. The molecule has 4 aromatic rings. The van der Waals surface area contributed by atoms with Gasteiger partial charge >= 0.3 is 0 Å². The topological polar surface area (TPSA) is 72.3 Å². The van der Waals surface area contributed by atoms with Crippen LogP contribution in [-0.4, -0.2) is 47.0 Å². The number of nitrogens with one attached hydrogen (secondary N) is 1. The Morgan fingerprint density at radius 3 is 2.58 bits per heavy atom. The average Bonchev–Trinajstić information content (AvgIpc) is 3.13. The predicted octanol–water partition coefficient (Wildman–Crippen LogP) is 4.17. The van der Waals surface area contributed by atoms with E-state index < -0.39 is 0 Å². The lowest BCUT2D eigenvalue weighted by Crippen LogP contribution is -2.36. The fourth-order valence-corrected chi connectivity index (χ4v) is 4.22. The van der Waals surface area contributed by atoms with Gasteiger partial charge in [0.25, 0.3) is 5.91 Å². The summed E-state index contributed by atoms with van der Waals surface area (Å²) in [6, 6.07) is 16.2. The third-order valence-electron chi connectivity index (χ3n) is 5.84. The van der Waals surface area contributed by atoms with Gasteiger partial charge in [-0.3, -0.25) is 9.48 Å². The average molecular weight is 445 g/mol. The van der Waals surface area contributed by atoms with Crippen LogP contribution in [0.4, 0.5) is 15.8 Å². The van der Waals surface area contributed by atoms with Crippen LogP contribution in [0.1, 0.15) is 16.1 Å². The molecule has 0 atom stereocenters. The van der Waals surface area contributed by atoms with E-state index in [0.29, 0.717) is 65.7 Å². The van der Waals surface area contributed by atoms with E-state index in [2.05, 4.69) is 10.4 Å². The summed E-state index contributed by atoms with van der Waals surface area (Å²) in [5.41, 5.74) is 4.24. The van der Waals surface area contributed by atoms with Gasteiger partial charge in [0.15, 0.2) is 5.65 Å². The lowest BCUT2D eigenvalue weighted by molar-refractivity contribution is 0.102. The Bertz CT molecular complexity index is 1330. The standard InChI is InChI=1S/C25H24FN5O2/c1-16-23-19(15-21(17-6-4-3-5-7-17)28-24(23)30(2)29-16)25(32)27-18-8-9-22(20(26)14-18)31-10-12-33-13-11-31/h3-9,14-15H,10-13H2,1-2H3,(H,27,32). The van der Waals surface area contributed by atoms with Crippen molar-refractivity contribution in [2.75, 3.05) is 36.5 Å². The third-order valence-corrected chi connectivity index (χ3v) is 5.84. The molecule has 1 amide bonds. The Morgan fingerprint density at radius 1 is 1.09 bits per heavy atom. The number of aryl methyl sites for hydroxylation is 2. The van der Waals surface area contributed by atoms with Crippen LogP contribution >= 0.6 is 0 Å². The SMILES string of the molecule is Cc1nn(C)c2nc(-c3ccccc3)cc(C(=O)Nc3ccc(N4CCOCC4)c(F)c3)c12. The Labute approximate surface area is 190 Å². The summed E-state index contributed by atoms with van der Waals surface area (Å²) in [6.07, 6.45) is 0. The first-order chi connectivity index (χ1) is 16.0. The number of amides is 1. The number of hydrogen-bond donors (Lipinski definition) is 1. The maximum Gasteiger partial charge on any atom is 0.256 e. The predicted molar refractivity (Wildman–Crippen MR) is 126 cm³/mol. The molecule has 5 rings (SSSR count). The van der Waals surface area contributed by atoms with Gasteiger partial charge in [-0.15, -0.1) is 0 Å². The molecule has 168 valence electrons. The van der Waals surface area contributed by atoms with Gasteiger partial charge in [0.1, 0.15) is 5.82 Å². The first-order valence-electron chi connectivity index (χ1n) is 10.8. The van der Waals surface area contributed by atoms with Crippen molar-refractivity contribution in [2.24, 2.45) is 7.05 Å². The lowest BCUT2D eigenvalue weighted by Gasteiger charge is -2.29. The van der Waals surface area contributed by atoms with Crippen molar-refractivity contribution in [1.29, 1.82) is 0 Å². The number of anilines is 2. The molecule has 1 N–H and O–H groups in total. The van der Waals surface area contributed by atoms with Crippen molar-refractivity contribution in [3.05, 3.63) is 71.7 Å². The number of aromatic nitrogens is 3. The zero-order valence-electron chi connectivity index (χ0n) is 18.5. The minimum atomic E-state index is -0.378. The lowest BCUT2D eigenvalue weighted by atomic mass is 10.0. The number of ether oxygens (including phenoxy) is 1. The molecule has 0 saturated carbocycles. The highest BCUT2D eigenvalue weighted by molar-refractivity contribution is 6.13. The molecule has 7 nitrogen and oxygen atoms in total. The molecule has 8 heteroatoms. The summed E-state index contributed by atoms with van der Waals surface area (Å²) in [7, 11) is 1.80. The quantitative estimate of drug-likeness (QED) is 0.511. The van der Waals surface area contributed by atoms with Crippen molar-refractivity contribution in [3.8, 4) is 11.3 Å². The van der Waals surface area contributed by atoms with Gasteiger partial charge in [-0.05, 0) is 31.2 Å². The molecule has 1 saturated heterocycles. The molecule has 0 spiro atoms. The molecule has 0 aliphatic carbocycles. The van der Waals surface area contributed by atoms with Gasteiger partial charge < -0.3 is 15.0 Å². The van der Waals surface area contributed by atoms with Crippen molar-refractivity contribution in [1.82, 2.24) is 14.8 Å². The minimum absolute atomic E-state index is 0.339.